The average Bonchev–Trinajstić information content (AvgIpc) is 3.16. The third kappa shape index (κ3) is 3.72. The molecule has 2 aliphatic heterocycles. The number of benzene rings is 1. The molecule has 1 N–H and O–H groups in total. The van der Waals surface area contributed by atoms with E-state index >= 15 is 0 Å². The number of piperazine rings is 1. The second-order valence-corrected chi connectivity index (χ2v) is 9.11. The first kappa shape index (κ1) is 20.2. The molecule has 5 rings (SSSR count). The molecule has 3 aromatic rings. The van der Waals surface area contributed by atoms with Crippen LogP contribution in [-0.2, 0) is 0 Å². The van der Waals surface area contributed by atoms with Gasteiger partial charge in [-0.15, -0.1) is 11.8 Å². The lowest BCUT2D eigenvalue weighted by Gasteiger charge is -2.30. The van der Waals surface area contributed by atoms with E-state index in [0.717, 1.165) is 48.5 Å². The summed E-state index contributed by atoms with van der Waals surface area (Å²) in [6.07, 6.45) is 3.81. The van der Waals surface area contributed by atoms with Gasteiger partial charge in [0.25, 0.3) is 0 Å². The Balaban J connectivity index is 1.59. The topological polar surface area (TPSA) is 53.5 Å². The normalized spacial score (nSPS) is 19.1. The van der Waals surface area contributed by atoms with Gasteiger partial charge < -0.3 is 19.9 Å². The lowest BCUT2D eigenvalue weighted by Crippen LogP contribution is -2.43. The minimum atomic E-state index is 0.311. The van der Waals surface area contributed by atoms with Crippen LogP contribution in [0, 0.1) is 0 Å². The monoisotopic (exact) mass is 433 g/mol. The molecule has 4 heterocycles. The van der Waals surface area contributed by atoms with E-state index in [4.69, 9.17) is 4.74 Å². The second-order valence-electron chi connectivity index (χ2n) is 7.92. The highest BCUT2D eigenvalue weighted by atomic mass is 32.2. The summed E-state index contributed by atoms with van der Waals surface area (Å²) < 4.78 is 5.60. The van der Waals surface area contributed by atoms with Crippen molar-refractivity contribution in [2.24, 2.45) is 0 Å². The van der Waals surface area contributed by atoms with Crippen molar-refractivity contribution in [2.75, 3.05) is 43.1 Å². The van der Waals surface area contributed by atoms with Gasteiger partial charge in [0.15, 0.2) is 0 Å². The van der Waals surface area contributed by atoms with Crippen molar-refractivity contribution in [3.8, 4) is 17.0 Å². The predicted octanol–water partition coefficient (Wildman–Crippen LogP) is 4.48. The molecule has 0 bridgehead atoms. The highest BCUT2D eigenvalue weighted by molar-refractivity contribution is 8.03. The van der Waals surface area contributed by atoms with Gasteiger partial charge in [-0.2, -0.15) is 0 Å². The molecule has 1 atom stereocenters. The second kappa shape index (κ2) is 8.40. The first-order chi connectivity index (χ1) is 15.2. The number of hydrogen-bond donors (Lipinski definition) is 1. The number of pyridine rings is 2. The third-order valence-corrected chi connectivity index (χ3v) is 7.06. The molecular formula is C24H27N5OS. The summed E-state index contributed by atoms with van der Waals surface area (Å²) in [7, 11) is 1.68. The van der Waals surface area contributed by atoms with E-state index in [1.807, 2.05) is 24.2 Å². The molecule has 1 unspecified atom stereocenters. The van der Waals surface area contributed by atoms with Crippen molar-refractivity contribution in [1.82, 2.24) is 15.3 Å². The Morgan fingerprint density at radius 3 is 2.65 bits per heavy atom. The number of thioether (sulfide) groups is 1. The molecule has 1 aromatic carbocycles. The van der Waals surface area contributed by atoms with Gasteiger partial charge in [-0.05, 0) is 49.1 Å². The number of ether oxygens (including phenoxy) is 1. The Kier molecular flexibility index (Phi) is 5.46. The Morgan fingerprint density at radius 1 is 1.06 bits per heavy atom. The molecule has 1 fully saturated rings. The number of anilines is 2. The van der Waals surface area contributed by atoms with Crippen LogP contribution in [0.25, 0.3) is 22.0 Å². The number of aromatic nitrogens is 2. The summed E-state index contributed by atoms with van der Waals surface area (Å²) in [5, 5.41) is 7.12. The molecule has 0 amide bonds. The van der Waals surface area contributed by atoms with E-state index in [-0.39, 0.29) is 0 Å². The molecule has 6 nitrogen and oxygen atoms in total. The summed E-state index contributed by atoms with van der Waals surface area (Å²) in [5.74, 6) is 0.648. The predicted molar refractivity (Wildman–Crippen MR) is 130 cm³/mol. The average molecular weight is 434 g/mol. The van der Waals surface area contributed by atoms with Gasteiger partial charge in [0.1, 0.15) is 5.69 Å². The highest BCUT2D eigenvalue weighted by Crippen LogP contribution is 2.41. The van der Waals surface area contributed by atoms with Crippen LogP contribution in [0.3, 0.4) is 0 Å². The zero-order valence-electron chi connectivity index (χ0n) is 18.1. The van der Waals surface area contributed by atoms with Gasteiger partial charge >= 0.3 is 0 Å². The Labute approximate surface area is 187 Å². The number of nitrogens with one attached hydrogen (secondary N) is 1. The first-order valence-electron chi connectivity index (χ1n) is 10.7. The lowest BCUT2D eigenvalue weighted by atomic mass is 10.0. The SMILES string of the molecule is COc1ncc(-c2ccc3nccc(N4CCNCC4)c3c2)cc1N1C(C)=CSC1C. The molecular weight excluding hydrogens is 406 g/mol. The van der Waals surface area contributed by atoms with Crippen LogP contribution in [0.1, 0.15) is 13.8 Å². The summed E-state index contributed by atoms with van der Waals surface area (Å²) in [5.41, 5.74) is 6.68. The number of hydrogen-bond acceptors (Lipinski definition) is 7. The molecule has 2 aliphatic rings. The van der Waals surface area contributed by atoms with Gasteiger partial charge in [0.05, 0.1) is 18.0 Å². The molecule has 1 saturated heterocycles. The zero-order chi connectivity index (χ0) is 21.4. The first-order valence-corrected chi connectivity index (χ1v) is 11.6. The zero-order valence-corrected chi connectivity index (χ0v) is 18.9. The van der Waals surface area contributed by atoms with Gasteiger partial charge in [-0.3, -0.25) is 4.98 Å². The standard InChI is InChI=1S/C24H27N5OS/c1-16-15-31-17(2)29(16)23-13-19(14-27-24(23)30-3)18-4-5-21-20(12-18)22(6-7-26-21)28-10-8-25-9-11-28/h4-7,12-15,17,25H,8-11H2,1-3H3. The molecule has 31 heavy (non-hydrogen) atoms. The smallest absolute Gasteiger partial charge is 0.237 e. The quantitative estimate of drug-likeness (QED) is 0.651. The van der Waals surface area contributed by atoms with E-state index in [1.54, 1.807) is 7.11 Å². The molecule has 7 heteroatoms. The fraction of sp³-hybridized carbons (Fsp3) is 0.333. The van der Waals surface area contributed by atoms with Crippen molar-refractivity contribution in [3.63, 3.8) is 0 Å². The minimum Gasteiger partial charge on any atom is -0.480 e. The Hall–Kier alpha value is -2.77. The number of rotatable bonds is 4. The molecule has 0 spiro atoms. The largest absolute Gasteiger partial charge is 0.480 e. The van der Waals surface area contributed by atoms with E-state index < -0.39 is 0 Å². The maximum Gasteiger partial charge on any atom is 0.237 e. The molecule has 2 aromatic heterocycles. The number of allylic oxidation sites excluding steroid dienone is 1. The maximum absolute atomic E-state index is 5.60. The van der Waals surface area contributed by atoms with E-state index in [2.05, 4.69) is 74.7 Å². The third-order valence-electron chi connectivity index (χ3n) is 5.97. The molecule has 0 aliphatic carbocycles. The van der Waals surface area contributed by atoms with Crippen LogP contribution in [-0.4, -0.2) is 48.6 Å². The van der Waals surface area contributed by atoms with Crippen LogP contribution < -0.4 is 19.9 Å². The minimum absolute atomic E-state index is 0.311. The number of nitrogens with zero attached hydrogens (tertiary/aromatic N) is 4. The summed E-state index contributed by atoms with van der Waals surface area (Å²) in [6, 6.07) is 10.8. The van der Waals surface area contributed by atoms with Crippen LogP contribution in [0.15, 0.2) is 53.8 Å². The molecule has 160 valence electrons. The van der Waals surface area contributed by atoms with E-state index in [1.165, 1.54) is 16.8 Å². The fourth-order valence-corrected chi connectivity index (χ4v) is 5.32. The van der Waals surface area contributed by atoms with Crippen LogP contribution in [0.2, 0.25) is 0 Å². The van der Waals surface area contributed by atoms with Gasteiger partial charge in [-0.1, -0.05) is 6.07 Å². The van der Waals surface area contributed by atoms with Crippen LogP contribution in [0.5, 0.6) is 5.88 Å². The van der Waals surface area contributed by atoms with Gasteiger partial charge in [0, 0.05) is 60.9 Å². The van der Waals surface area contributed by atoms with Gasteiger partial charge in [-0.25, -0.2) is 4.98 Å². The summed E-state index contributed by atoms with van der Waals surface area (Å²) in [4.78, 5) is 14.0. The van der Waals surface area contributed by atoms with Crippen LogP contribution in [0.4, 0.5) is 11.4 Å². The van der Waals surface area contributed by atoms with Crippen molar-refractivity contribution >= 4 is 34.0 Å². The highest BCUT2D eigenvalue weighted by Gasteiger charge is 2.26. The van der Waals surface area contributed by atoms with E-state index in [0.29, 0.717) is 11.3 Å². The van der Waals surface area contributed by atoms with Gasteiger partial charge in [0.2, 0.25) is 5.88 Å². The summed E-state index contributed by atoms with van der Waals surface area (Å²) >= 11 is 1.81. The van der Waals surface area contributed by atoms with Crippen molar-refractivity contribution in [1.29, 1.82) is 0 Å². The number of methoxy groups -OCH3 is 1. The van der Waals surface area contributed by atoms with Crippen molar-refractivity contribution in [3.05, 3.63) is 53.8 Å². The Morgan fingerprint density at radius 2 is 1.90 bits per heavy atom. The lowest BCUT2D eigenvalue weighted by molar-refractivity contribution is 0.398. The van der Waals surface area contributed by atoms with Crippen molar-refractivity contribution in [2.45, 2.75) is 19.2 Å². The van der Waals surface area contributed by atoms with Crippen LogP contribution >= 0.6 is 11.8 Å². The van der Waals surface area contributed by atoms with Crippen molar-refractivity contribution < 1.29 is 4.74 Å². The maximum atomic E-state index is 5.60. The Bertz CT molecular complexity index is 1140. The molecule has 0 radical (unpaired) electrons. The number of fused-ring (bicyclic) bond motifs is 1. The molecule has 0 saturated carbocycles. The summed E-state index contributed by atoms with van der Waals surface area (Å²) in [6.45, 7) is 8.36. The van der Waals surface area contributed by atoms with E-state index in [9.17, 15) is 0 Å². The fourth-order valence-electron chi connectivity index (χ4n) is 4.41.